The summed E-state index contributed by atoms with van der Waals surface area (Å²) in [5, 5.41) is 0. The first kappa shape index (κ1) is 14.9. The zero-order chi connectivity index (χ0) is 12.6. The third kappa shape index (κ3) is 2.34. The third-order valence-corrected chi connectivity index (χ3v) is 2.86. The van der Waals surface area contributed by atoms with Gasteiger partial charge in [0.25, 0.3) is 0 Å². The maximum absolute atomic E-state index is 11.9. The fourth-order valence-electron chi connectivity index (χ4n) is 1.84. The molecule has 5 nitrogen and oxygen atoms in total. The predicted molar refractivity (Wildman–Crippen MR) is 60.1 cm³/mol. The second kappa shape index (κ2) is 5.65. The number of likely N-dealkylation sites (N-methyl/N-ethyl adjacent to an activating group) is 2. The van der Waals surface area contributed by atoms with Crippen molar-refractivity contribution in [2.75, 3.05) is 14.1 Å². The van der Waals surface area contributed by atoms with Crippen LogP contribution in [0.1, 0.15) is 11.5 Å². The number of nitrogens with zero attached hydrogens (tertiary/aromatic N) is 2. The maximum atomic E-state index is 11.9. The van der Waals surface area contributed by atoms with Crippen LogP contribution in [0.3, 0.4) is 0 Å². The molecule has 0 aliphatic carbocycles. The maximum Gasteiger partial charge on any atom is 1.00 e. The van der Waals surface area contributed by atoms with Crippen molar-refractivity contribution in [3.63, 3.8) is 0 Å². The van der Waals surface area contributed by atoms with E-state index in [-0.39, 0.29) is 29.6 Å². The van der Waals surface area contributed by atoms with E-state index >= 15 is 0 Å². The van der Waals surface area contributed by atoms with Crippen LogP contribution in [0.4, 0.5) is 4.79 Å². The molecule has 1 aromatic rings. The van der Waals surface area contributed by atoms with Gasteiger partial charge in [0.15, 0.2) is 0 Å². The van der Waals surface area contributed by atoms with Crippen LogP contribution in [-0.2, 0) is 9.59 Å². The van der Waals surface area contributed by atoms with E-state index in [9.17, 15) is 14.4 Å². The van der Waals surface area contributed by atoms with Gasteiger partial charge in [-0.05, 0) is 5.56 Å². The summed E-state index contributed by atoms with van der Waals surface area (Å²) in [7, 11) is 2.76. The molecule has 2 rings (SSSR count). The number of urea groups is 1. The van der Waals surface area contributed by atoms with E-state index in [1.165, 1.54) is 14.1 Å². The van der Waals surface area contributed by atoms with Crippen LogP contribution in [0.5, 0.6) is 0 Å². The molecule has 1 fully saturated rings. The van der Waals surface area contributed by atoms with E-state index in [4.69, 9.17) is 0 Å². The molecule has 18 heavy (non-hydrogen) atoms. The number of rotatable bonds is 1. The Bertz CT molecular complexity index is 465. The molecule has 1 aliphatic rings. The zero-order valence-corrected chi connectivity index (χ0v) is 12.6. The molecule has 0 N–H and O–H groups in total. The predicted octanol–water partition coefficient (Wildman–Crippen LogP) is -2.18. The number of amides is 4. The third-order valence-electron chi connectivity index (χ3n) is 2.86. The summed E-state index contributed by atoms with van der Waals surface area (Å²) in [4.78, 5) is 37.4. The van der Waals surface area contributed by atoms with E-state index in [1.807, 2.05) is 0 Å². The number of hydrogen-bond acceptors (Lipinski definition) is 3. The molecule has 1 aliphatic heterocycles. The molecule has 0 radical (unpaired) electrons. The fourth-order valence-corrected chi connectivity index (χ4v) is 1.84. The monoisotopic (exact) mass is 255 g/mol. The number of barbiturate groups is 1. The molecule has 0 saturated carbocycles. The minimum atomic E-state index is -0.913. The smallest absolute Gasteiger partial charge is 0.273 e. The summed E-state index contributed by atoms with van der Waals surface area (Å²) in [5.74, 6) is -1.88. The van der Waals surface area contributed by atoms with Crippen LogP contribution >= 0.6 is 0 Å². The molecular weight excluding hydrogens is 243 g/mol. The Labute approximate surface area is 127 Å². The van der Waals surface area contributed by atoms with Crippen LogP contribution in [0.15, 0.2) is 30.3 Å². The Kier molecular flexibility index (Phi) is 4.67. The average molecular weight is 255 g/mol. The van der Waals surface area contributed by atoms with Crippen molar-refractivity contribution < 1.29 is 43.9 Å². The fraction of sp³-hybridized carbons (Fsp3) is 0.250. The first-order valence-corrected chi connectivity index (χ1v) is 5.18. The zero-order valence-electron chi connectivity index (χ0n) is 10.6. The molecule has 6 heteroatoms. The van der Waals surface area contributed by atoms with Crippen molar-refractivity contribution in [3.05, 3.63) is 35.9 Å². The van der Waals surface area contributed by atoms with Gasteiger partial charge in [0.05, 0.1) is 0 Å². The van der Waals surface area contributed by atoms with Gasteiger partial charge in [-0.1, -0.05) is 30.3 Å². The summed E-state index contributed by atoms with van der Waals surface area (Å²) in [5.41, 5.74) is 0.605. The normalized spacial score (nSPS) is 16.9. The number of hydrogen-bond donors (Lipinski definition) is 0. The number of carbonyl (C=O) groups excluding carboxylic acids is 3. The summed E-state index contributed by atoms with van der Waals surface area (Å²) < 4.78 is 0. The Morgan fingerprint density at radius 3 is 1.78 bits per heavy atom. The molecule has 0 aromatic heterocycles. The Balaban J connectivity index is 0.00000162. The van der Waals surface area contributed by atoms with Gasteiger partial charge in [0.1, 0.15) is 5.92 Å². The molecular formula is C12H12N2NaO3+. The molecule has 1 saturated heterocycles. The quantitative estimate of drug-likeness (QED) is 0.424. The topological polar surface area (TPSA) is 57.7 Å². The number of imide groups is 2. The van der Waals surface area contributed by atoms with E-state index in [1.54, 1.807) is 30.3 Å². The molecule has 1 aromatic carbocycles. The van der Waals surface area contributed by atoms with Crippen molar-refractivity contribution in [2.45, 2.75) is 5.92 Å². The second-order valence-corrected chi connectivity index (χ2v) is 3.92. The van der Waals surface area contributed by atoms with Crippen molar-refractivity contribution in [3.8, 4) is 0 Å². The number of benzene rings is 1. The molecule has 0 unspecified atom stereocenters. The standard InChI is InChI=1S/C12H12N2O3.Na/c1-13-10(15)9(8-6-4-3-5-7-8)11(16)14(2)12(13)17;/h3-7,9H,1-2H3;/q;+1. The molecule has 0 bridgehead atoms. The van der Waals surface area contributed by atoms with E-state index in [0.29, 0.717) is 5.56 Å². The van der Waals surface area contributed by atoms with Gasteiger partial charge in [0, 0.05) is 14.1 Å². The summed E-state index contributed by atoms with van der Waals surface area (Å²) in [6.45, 7) is 0. The van der Waals surface area contributed by atoms with Gasteiger partial charge < -0.3 is 0 Å². The molecule has 88 valence electrons. The van der Waals surface area contributed by atoms with Crippen molar-refractivity contribution in [1.29, 1.82) is 0 Å². The SMILES string of the molecule is CN1C(=O)C(c2ccccc2)C(=O)N(C)C1=O.[Na+]. The molecule has 4 amide bonds. The van der Waals surface area contributed by atoms with Gasteiger partial charge in [-0.15, -0.1) is 0 Å². The summed E-state index contributed by atoms with van der Waals surface area (Å²) in [6.07, 6.45) is 0. The number of carbonyl (C=O) groups is 3. The second-order valence-electron chi connectivity index (χ2n) is 3.92. The Hall–Kier alpha value is -1.17. The van der Waals surface area contributed by atoms with Gasteiger partial charge in [-0.3, -0.25) is 19.4 Å². The van der Waals surface area contributed by atoms with E-state index in [0.717, 1.165) is 9.80 Å². The van der Waals surface area contributed by atoms with Crippen LogP contribution in [0.2, 0.25) is 0 Å². The van der Waals surface area contributed by atoms with Crippen molar-refractivity contribution >= 4 is 17.8 Å². The largest absolute Gasteiger partial charge is 1.00 e. The first-order valence-electron chi connectivity index (χ1n) is 5.18. The van der Waals surface area contributed by atoms with Gasteiger partial charge in [0.2, 0.25) is 11.8 Å². The Morgan fingerprint density at radius 1 is 0.889 bits per heavy atom. The van der Waals surface area contributed by atoms with Crippen LogP contribution < -0.4 is 29.6 Å². The van der Waals surface area contributed by atoms with Crippen LogP contribution in [0, 0.1) is 0 Å². The van der Waals surface area contributed by atoms with Crippen LogP contribution in [0.25, 0.3) is 0 Å². The van der Waals surface area contributed by atoms with E-state index < -0.39 is 23.8 Å². The Morgan fingerprint density at radius 2 is 1.33 bits per heavy atom. The van der Waals surface area contributed by atoms with Crippen molar-refractivity contribution in [1.82, 2.24) is 9.80 Å². The molecule has 0 spiro atoms. The summed E-state index contributed by atoms with van der Waals surface area (Å²) >= 11 is 0. The first-order chi connectivity index (χ1) is 8.04. The minimum absolute atomic E-state index is 0. The van der Waals surface area contributed by atoms with Gasteiger partial charge in [-0.2, -0.15) is 0 Å². The average Bonchev–Trinajstić information content (AvgIpc) is 2.36. The van der Waals surface area contributed by atoms with E-state index in [2.05, 4.69) is 0 Å². The molecule has 0 atom stereocenters. The summed E-state index contributed by atoms with van der Waals surface area (Å²) in [6, 6.07) is 8.14. The van der Waals surface area contributed by atoms with Crippen molar-refractivity contribution in [2.24, 2.45) is 0 Å². The minimum Gasteiger partial charge on any atom is -0.273 e. The van der Waals surface area contributed by atoms with Gasteiger partial charge >= 0.3 is 35.6 Å². The van der Waals surface area contributed by atoms with Crippen LogP contribution in [-0.4, -0.2) is 41.7 Å². The van der Waals surface area contributed by atoms with Gasteiger partial charge in [-0.25, -0.2) is 4.79 Å². The molecule has 1 heterocycles.